The molecule has 2 atom stereocenters. The lowest BCUT2D eigenvalue weighted by atomic mass is 9.87. The predicted octanol–water partition coefficient (Wildman–Crippen LogP) is 2.11. The first-order valence-corrected chi connectivity index (χ1v) is 9.89. The third-order valence-corrected chi connectivity index (χ3v) is 5.95. The Morgan fingerprint density at radius 2 is 2.32 bits per heavy atom. The predicted molar refractivity (Wildman–Crippen MR) is 99.4 cm³/mol. The van der Waals surface area contributed by atoms with Gasteiger partial charge in [0.05, 0.1) is 11.6 Å². The summed E-state index contributed by atoms with van der Waals surface area (Å²) in [5.41, 5.74) is 4.52. The molecule has 2 heterocycles. The molecule has 1 fully saturated rings. The Kier molecular flexibility index (Phi) is 5.10. The number of rotatable bonds is 4. The molecule has 2 N–H and O–H groups in total. The lowest BCUT2D eigenvalue weighted by Crippen LogP contribution is -2.57. The maximum atomic E-state index is 13.0. The van der Waals surface area contributed by atoms with E-state index >= 15 is 0 Å². The summed E-state index contributed by atoms with van der Waals surface area (Å²) < 4.78 is 0. The Morgan fingerprint density at radius 1 is 1.40 bits per heavy atom. The lowest BCUT2D eigenvalue weighted by molar-refractivity contribution is -0.128. The summed E-state index contributed by atoms with van der Waals surface area (Å²) in [6.45, 7) is 3.32. The van der Waals surface area contributed by atoms with Crippen LogP contribution in [-0.4, -0.2) is 41.5 Å². The highest BCUT2D eigenvalue weighted by molar-refractivity contribution is 7.09. The number of hydrogen-bond donors (Lipinski definition) is 2. The molecule has 6 heteroatoms. The molecule has 25 heavy (non-hydrogen) atoms. The van der Waals surface area contributed by atoms with Crippen molar-refractivity contribution in [1.82, 2.24) is 20.5 Å². The van der Waals surface area contributed by atoms with Crippen LogP contribution in [0.15, 0.2) is 36.0 Å². The highest BCUT2D eigenvalue weighted by Gasteiger charge is 2.31. The Labute approximate surface area is 152 Å². The molecule has 2 unspecified atom stereocenters. The summed E-state index contributed by atoms with van der Waals surface area (Å²) in [7, 11) is 0. The summed E-state index contributed by atoms with van der Waals surface area (Å²) in [5.74, 6) is 0.137. The highest BCUT2D eigenvalue weighted by Crippen LogP contribution is 2.29. The Morgan fingerprint density at radius 3 is 3.20 bits per heavy atom. The quantitative estimate of drug-likeness (QED) is 0.881. The number of nitrogens with zero attached hydrogens (tertiary/aromatic N) is 2. The lowest BCUT2D eigenvalue weighted by Gasteiger charge is -2.36. The van der Waals surface area contributed by atoms with Crippen molar-refractivity contribution in [3.63, 3.8) is 0 Å². The molecular formula is C19H24N4OS. The van der Waals surface area contributed by atoms with E-state index in [2.05, 4.69) is 44.8 Å². The van der Waals surface area contributed by atoms with Crippen LogP contribution in [0.2, 0.25) is 0 Å². The minimum absolute atomic E-state index is 0.120. The van der Waals surface area contributed by atoms with Crippen molar-refractivity contribution >= 4 is 17.2 Å². The molecule has 132 valence electrons. The van der Waals surface area contributed by atoms with Crippen molar-refractivity contribution in [2.75, 3.05) is 19.6 Å². The molecule has 0 saturated carbocycles. The van der Waals surface area contributed by atoms with E-state index < -0.39 is 0 Å². The zero-order valence-corrected chi connectivity index (χ0v) is 15.1. The monoisotopic (exact) mass is 356 g/mol. The van der Waals surface area contributed by atoms with E-state index in [1.807, 2.05) is 11.7 Å². The van der Waals surface area contributed by atoms with Crippen molar-refractivity contribution in [1.29, 1.82) is 0 Å². The van der Waals surface area contributed by atoms with Gasteiger partial charge in [0, 0.05) is 37.3 Å². The van der Waals surface area contributed by atoms with Crippen molar-refractivity contribution in [2.45, 2.75) is 37.9 Å². The fraction of sp³-hybridized carbons (Fsp3) is 0.474. The zero-order valence-electron chi connectivity index (χ0n) is 14.3. The number of amides is 1. The second-order valence-corrected chi connectivity index (χ2v) is 7.78. The van der Waals surface area contributed by atoms with E-state index in [-0.39, 0.29) is 18.0 Å². The number of aromatic nitrogens is 1. The Bertz CT molecular complexity index is 718. The van der Waals surface area contributed by atoms with Crippen LogP contribution in [-0.2, 0) is 17.8 Å². The molecule has 1 aromatic carbocycles. The molecule has 1 amide bonds. The van der Waals surface area contributed by atoms with Gasteiger partial charge in [0.1, 0.15) is 6.04 Å². The van der Waals surface area contributed by atoms with Crippen LogP contribution in [0, 0.1) is 0 Å². The van der Waals surface area contributed by atoms with Gasteiger partial charge in [0.15, 0.2) is 0 Å². The number of carbonyl (C=O) groups is 1. The minimum Gasteiger partial charge on any atom is -0.348 e. The van der Waals surface area contributed by atoms with E-state index in [0.717, 1.165) is 38.9 Å². The molecule has 1 aliphatic carbocycles. The smallest absolute Gasteiger partial charge is 0.239 e. The van der Waals surface area contributed by atoms with Crippen LogP contribution in [0.3, 0.4) is 0 Å². The second-order valence-electron chi connectivity index (χ2n) is 6.81. The average Bonchev–Trinajstić information content (AvgIpc) is 3.15. The van der Waals surface area contributed by atoms with E-state index in [1.165, 1.54) is 16.0 Å². The standard InChI is InChI=1S/C19H24N4OS/c24-19(22-17-7-3-5-14-4-1-2-6-16(14)17)18-11-20-8-9-23(18)12-15-10-21-13-25-15/h1-2,4,6,10,13,17-18,20H,3,5,7-9,11-12H2,(H,22,24). The molecule has 1 aliphatic heterocycles. The molecule has 0 bridgehead atoms. The van der Waals surface area contributed by atoms with E-state index in [9.17, 15) is 4.79 Å². The number of piperazine rings is 1. The van der Waals surface area contributed by atoms with E-state index in [4.69, 9.17) is 0 Å². The topological polar surface area (TPSA) is 57.3 Å². The zero-order chi connectivity index (χ0) is 17.1. The fourth-order valence-electron chi connectivity index (χ4n) is 3.89. The largest absolute Gasteiger partial charge is 0.348 e. The summed E-state index contributed by atoms with van der Waals surface area (Å²) >= 11 is 1.65. The Hall–Kier alpha value is -1.76. The van der Waals surface area contributed by atoms with Crippen LogP contribution < -0.4 is 10.6 Å². The van der Waals surface area contributed by atoms with Gasteiger partial charge in [-0.05, 0) is 30.4 Å². The molecule has 0 spiro atoms. The molecule has 4 rings (SSSR count). The van der Waals surface area contributed by atoms with Gasteiger partial charge in [0.25, 0.3) is 0 Å². The molecular weight excluding hydrogens is 332 g/mol. The second kappa shape index (κ2) is 7.64. The first kappa shape index (κ1) is 16.7. The van der Waals surface area contributed by atoms with Crippen molar-refractivity contribution < 1.29 is 4.79 Å². The SMILES string of the molecule is O=C(NC1CCCc2ccccc21)C1CNCCN1Cc1cncs1. The third-order valence-electron chi connectivity index (χ3n) is 5.19. The van der Waals surface area contributed by atoms with Crippen LogP contribution in [0.1, 0.15) is 34.9 Å². The summed E-state index contributed by atoms with van der Waals surface area (Å²) in [6, 6.07) is 8.53. The maximum absolute atomic E-state index is 13.0. The van der Waals surface area contributed by atoms with Crippen LogP contribution in [0.5, 0.6) is 0 Å². The molecule has 0 radical (unpaired) electrons. The molecule has 5 nitrogen and oxygen atoms in total. The maximum Gasteiger partial charge on any atom is 0.239 e. The summed E-state index contributed by atoms with van der Waals surface area (Å²) in [6.07, 6.45) is 5.18. The van der Waals surface area contributed by atoms with Gasteiger partial charge in [-0.15, -0.1) is 11.3 Å². The summed E-state index contributed by atoms with van der Waals surface area (Å²) in [4.78, 5) is 20.6. The van der Waals surface area contributed by atoms with Crippen LogP contribution >= 0.6 is 11.3 Å². The van der Waals surface area contributed by atoms with Gasteiger partial charge in [-0.2, -0.15) is 0 Å². The summed E-state index contributed by atoms with van der Waals surface area (Å²) in [5, 5.41) is 6.69. The number of thiazole rings is 1. The average molecular weight is 356 g/mol. The number of nitrogens with one attached hydrogen (secondary N) is 2. The number of benzene rings is 1. The first-order valence-electron chi connectivity index (χ1n) is 9.01. The van der Waals surface area contributed by atoms with E-state index in [0.29, 0.717) is 6.54 Å². The van der Waals surface area contributed by atoms with Crippen molar-refractivity contribution in [3.05, 3.63) is 52.0 Å². The Balaban J connectivity index is 1.46. The number of aryl methyl sites for hydroxylation is 1. The molecule has 2 aromatic rings. The third kappa shape index (κ3) is 3.76. The van der Waals surface area contributed by atoms with Crippen LogP contribution in [0.4, 0.5) is 0 Å². The normalized spacial score (nSPS) is 23.8. The highest BCUT2D eigenvalue weighted by atomic mass is 32.1. The van der Waals surface area contributed by atoms with Gasteiger partial charge in [-0.25, -0.2) is 0 Å². The molecule has 2 aliphatic rings. The molecule has 1 saturated heterocycles. The van der Waals surface area contributed by atoms with E-state index in [1.54, 1.807) is 11.3 Å². The van der Waals surface area contributed by atoms with Crippen molar-refractivity contribution in [3.8, 4) is 0 Å². The fourth-order valence-corrected chi connectivity index (χ4v) is 4.51. The number of hydrogen-bond acceptors (Lipinski definition) is 5. The minimum atomic E-state index is -0.120. The van der Waals surface area contributed by atoms with Crippen molar-refractivity contribution in [2.24, 2.45) is 0 Å². The number of fused-ring (bicyclic) bond motifs is 1. The number of carbonyl (C=O) groups excluding carboxylic acids is 1. The molecule has 1 aromatic heterocycles. The van der Waals surface area contributed by atoms with Gasteiger partial charge in [0.2, 0.25) is 5.91 Å². The van der Waals surface area contributed by atoms with Gasteiger partial charge in [-0.1, -0.05) is 24.3 Å². The van der Waals surface area contributed by atoms with Gasteiger partial charge < -0.3 is 10.6 Å². The van der Waals surface area contributed by atoms with Crippen LogP contribution in [0.25, 0.3) is 0 Å². The first-order chi connectivity index (χ1) is 12.3. The van der Waals surface area contributed by atoms with Gasteiger partial charge >= 0.3 is 0 Å². The van der Waals surface area contributed by atoms with Gasteiger partial charge in [-0.3, -0.25) is 14.7 Å².